The number of thioether (sulfide) groups is 1. The first-order chi connectivity index (χ1) is 18.4. The van der Waals surface area contributed by atoms with E-state index in [1.165, 1.54) is 31.4 Å². The highest BCUT2D eigenvalue weighted by Crippen LogP contribution is 2.60. The molecule has 0 saturated carbocycles. The third kappa shape index (κ3) is 3.13. The van der Waals surface area contributed by atoms with E-state index in [0.29, 0.717) is 5.37 Å². The summed E-state index contributed by atoms with van der Waals surface area (Å²) in [5.74, 6) is 1.25. The van der Waals surface area contributed by atoms with Crippen molar-refractivity contribution in [2.75, 3.05) is 64.7 Å². The van der Waals surface area contributed by atoms with Crippen molar-refractivity contribution in [1.29, 1.82) is 0 Å². The SMILES string of the molecule is C1=CN(C2N(N3CCCC3)N(C3CCS3)C(C3CCO3)(N3CC=CN3)C2(N2CC=CC2)N2CCC2)CC1. The van der Waals surface area contributed by atoms with Crippen LogP contribution in [0, 0.1) is 0 Å². The van der Waals surface area contributed by atoms with Gasteiger partial charge in [0, 0.05) is 71.6 Å². The van der Waals surface area contributed by atoms with Gasteiger partial charge in [-0.25, -0.2) is 5.01 Å². The molecular weight excluding hydrogens is 484 g/mol. The molecule has 0 aliphatic carbocycles. The second-order valence-corrected chi connectivity index (χ2v) is 13.0. The van der Waals surface area contributed by atoms with Gasteiger partial charge in [-0.3, -0.25) is 9.80 Å². The standard InChI is InChI=1S/C27H42N8OS/c1-2-13-29(12-1)25-27(31-16-8-17-31,30-14-3-4-15-30)26(23-9-21-36-23,33-20-7-11-28-33)34(24-10-22-37-24)35(25)32-18-5-6-19-32/h1,3-4,7,11-12,23-25,28H,2,5-6,8-10,13-22H2. The van der Waals surface area contributed by atoms with Gasteiger partial charge < -0.3 is 15.1 Å². The molecule has 8 heterocycles. The van der Waals surface area contributed by atoms with Crippen LogP contribution in [0.5, 0.6) is 0 Å². The van der Waals surface area contributed by atoms with Crippen LogP contribution in [0.4, 0.5) is 0 Å². The average Bonchev–Trinajstić information content (AvgIpc) is 3.62. The number of likely N-dealkylation sites (tertiary alicyclic amines) is 1. The highest BCUT2D eigenvalue weighted by Gasteiger charge is 2.81. The van der Waals surface area contributed by atoms with Crippen molar-refractivity contribution >= 4 is 11.8 Å². The number of ether oxygens (including phenoxy) is 1. The van der Waals surface area contributed by atoms with E-state index >= 15 is 0 Å². The number of hydrazine groups is 3. The summed E-state index contributed by atoms with van der Waals surface area (Å²) in [5, 5.41) is 11.5. The number of nitrogens with zero attached hydrogens (tertiary/aromatic N) is 7. The molecule has 8 aliphatic heterocycles. The monoisotopic (exact) mass is 526 g/mol. The Kier molecular flexibility index (Phi) is 5.92. The third-order valence-electron chi connectivity index (χ3n) is 10.0. The van der Waals surface area contributed by atoms with Gasteiger partial charge in [0.25, 0.3) is 0 Å². The first kappa shape index (κ1) is 23.7. The lowest BCUT2D eigenvalue weighted by Gasteiger charge is -2.67. The molecule has 0 aromatic heterocycles. The molecule has 5 atom stereocenters. The van der Waals surface area contributed by atoms with Crippen LogP contribution in [-0.4, -0.2) is 129 Å². The van der Waals surface area contributed by atoms with Crippen molar-refractivity contribution in [3.8, 4) is 0 Å². The quantitative estimate of drug-likeness (QED) is 0.495. The molecule has 0 amide bonds. The lowest BCUT2D eigenvalue weighted by Crippen LogP contribution is -2.88. The maximum Gasteiger partial charge on any atom is 0.169 e. The summed E-state index contributed by atoms with van der Waals surface area (Å²) in [6, 6.07) is 0. The number of nitrogens with one attached hydrogen (secondary N) is 1. The minimum Gasteiger partial charge on any atom is -0.374 e. The minimum absolute atomic E-state index is 0.143. The molecule has 1 N–H and O–H groups in total. The van der Waals surface area contributed by atoms with Gasteiger partial charge in [-0.15, -0.1) is 16.9 Å². The fourth-order valence-electron chi connectivity index (χ4n) is 8.26. The van der Waals surface area contributed by atoms with Crippen LogP contribution in [0.1, 0.15) is 38.5 Å². The van der Waals surface area contributed by atoms with Gasteiger partial charge in [-0.05, 0) is 44.1 Å². The van der Waals surface area contributed by atoms with Gasteiger partial charge >= 0.3 is 0 Å². The smallest absolute Gasteiger partial charge is 0.169 e. The van der Waals surface area contributed by atoms with Crippen molar-refractivity contribution in [2.45, 2.75) is 67.5 Å². The molecule has 5 unspecified atom stereocenters. The summed E-state index contributed by atoms with van der Waals surface area (Å²) in [5.41, 5.74) is 3.18. The fourth-order valence-corrected chi connectivity index (χ4v) is 9.11. The summed E-state index contributed by atoms with van der Waals surface area (Å²) in [4.78, 5) is 8.40. The van der Waals surface area contributed by atoms with Gasteiger partial charge in [0.1, 0.15) is 6.17 Å². The molecule has 0 aromatic carbocycles. The summed E-state index contributed by atoms with van der Waals surface area (Å²) in [6.07, 6.45) is 21.7. The van der Waals surface area contributed by atoms with Gasteiger partial charge in [0.2, 0.25) is 0 Å². The van der Waals surface area contributed by atoms with Crippen LogP contribution in [-0.2, 0) is 4.74 Å². The Bertz CT molecular complexity index is 944. The van der Waals surface area contributed by atoms with Crippen LogP contribution in [0.2, 0.25) is 0 Å². The molecule has 5 fully saturated rings. The topological polar surface area (TPSA) is 43.9 Å². The van der Waals surface area contributed by atoms with E-state index in [1.807, 2.05) is 0 Å². The molecule has 5 saturated heterocycles. The van der Waals surface area contributed by atoms with E-state index in [-0.39, 0.29) is 23.6 Å². The second-order valence-electron chi connectivity index (χ2n) is 11.7. The molecule has 0 radical (unpaired) electrons. The van der Waals surface area contributed by atoms with Gasteiger partial charge in [0.05, 0.1) is 11.5 Å². The third-order valence-corrected chi connectivity index (χ3v) is 11.3. The summed E-state index contributed by atoms with van der Waals surface area (Å²) >= 11 is 2.14. The van der Waals surface area contributed by atoms with E-state index in [2.05, 4.69) is 88.7 Å². The second kappa shape index (κ2) is 9.23. The molecule has 0 spiro atoms. The normalized spacial score (nSPS) is 43.6. The lowest BCUT2D eigenvalue weighted by molar-refractivity contribution is -0.308. The van der Waals surface area contributed by atoms with Gasteiger partial charge in [-0.2, -0.15) is 10.0 Å². The Labute approximate surface area is 225 Å². The van der Waals surface area contributed by atoms with E-state index in [9.17, 15) is 0 Å². The molecule has 0 bridgehead atoms. The van der Waals surface area contributed by atoms with Crippen LogP contribution in [0.15, 0.2) is 36.7 Å². The molecule has 10 heteroatoms. The number of hydrogen-bond donors (Lipinski definition) is 1. The average molecular weight is 527 g/mol. The molecule has 9 nitrogen and oxygen atoms in total. The van der Waals surface area contributed by atoms with Crippen molar-refractivity contribution < 1.29 is 4.74 Å². The van der Waals surface area contributed by atoms with Crippen molar-refractivity contribution in [2.24, 2.45) is 0 Å². The first-order valence-corrected chi connectivity index (χ1v) is 15.7. The van der Waals surface area contributed by atoms with Crippen molar-refractivity contribution in [3.05, 3.63) is 36.7 Å². The zero-order chi connectivity index (χ0) is 24.5. The molecule has 37 heavy (non-hydrogen) atoms. The van der Waals surface area contributed by atoms with E-state index in [4.69, 9.17) is 4.74 Å². The Morgan fingerprint density at radius 3 is 2.19 bits per heavy atom. The summed E-state index contributed by atoms with van der Waals surface area (Å²) in [7, 11) is 0. The van der Waals surface area contributed by atoms with E-state index in [1.54, 1.807) is 0 Å². The molecule has 0 aromatic rings. The lowest BCUT2D eigenvalue weighted by atomic mass is 9.77. The first-order valence-electron chi connectivity index (χ1n) is 14.7. The predicted octanol–water partition coefficient (Wildman–Crippen LogP) is 1.63. The van der Waals surface area contributed by atoms with Crippen molar-refractivity contribution in [3.63, 3.8) is 0 Å². The highest BCUT2D eigenvalue weighted by atomic mass is 32.2. The van der Waals surface area contributed by atoms with E-state index in [0.717, 1.165) is 71.8 Å². The number of rotatable bonds is 7. The minimum atomic E-state index is -0.358. The Morgan fingerprint density at radius 2 is 1.65 bits per heavy atom. The molecule has 202 valence electrons. The zero-order valence-corrected chi connectivity index (χ0v) is 22.8. The van der Waals surface area contributed by atoms with Gasteiger partial charge in [-0.1, -0.05) is 24.3 Å². The van der Waals surface area contributed by atoms with Crippen LogP contribution in [0.25, 0.3) is 0 Å². The zero-order valence-electron chi connectivity index (χ0n) is 22.0. The summed E-state index contributed by atoms with van der Waals surface area (Å²) in [6.45, 7) is 9.45. The van der Waals surface area contributed by atoms with Crippen LogP contribution >= 0.6 is 11.8 Å². The van der Waals surface area contributed by atoms with Crippen LogP contribution in [0.3, 0.4) is 0 Å². The molecule has 8 rings (SSSR count). The Balaban J connectivity index is 1.41. The summed E-state index contributed by atoms with van der Waals surface area (Å²) < 4.78 is 6.72. The highest BCUT2D eigenvalue weighted by molar-refractivity contribution is 8.01. The fraction of sp³-hybridized carbons (Fsp3) is 0.778. The van der Waals surface area contributed by atoms with E-state index < -0.39 is 0 Å². The predicted molar refractivity (Wildman–Crippen MR) is 145 cm³/mol. The largest absolute Gasteiger partial charge is 0.374 e. The number of hydrogen-bond acceptors (Lipinski definition) is 10. The van der Waals surface area contributed by atoms with Crippen LogP contribution < -0.4 is 5.43 Å². The Morgan fingerprint density at radius 1 is 0.838 bits per heavy atom. The van der Waals surface area contributed by atoms with Crippen molar-refractivity contribution in [1.82, 2.24) is 40.3 Å². The molecular formula is C27H42N8OS. The maximum atomic E-state index is 6.72. The Hall–Kier alpha value is -1.11. The van der Waals surface area contributed by atoms with Gasteiger partial charge in [0.15, 0.2) is 11.3 Å². The maximum absolute atomic E-state index is 6.72. The molecule has 8 aliphatic rings.